The molecule has 196 valence electrons. The summed E-state index contributed by atoms with van der Waals surface area (Å²) in [5.41, 5.74) is -0.922. The predicted molar refractivity (Wildman–Crippen MR) is 125 cm³/mol. The molecule has 2 rings (SSSR count). The van der Waals surface area contributed by atoms with Crippen molar-refractivity contribution in [2.24, 2.45) is 11.8 Å². The first-order valence-corrected chi connectivity index (χ1v) is 11.8. The molecule has 0 aromatic heterocycles. The van der Waals surface area contributed by atoms with Gasteiger partial charge in [0.2, 0.25) is 0 Å². The summed E-state index contributed by atoms with van der Waals surface area (Å²) in [4.78, 5) is 11.5. The highest BCUT2D eigenvalue weighted by molar-refractivity contribution is 5.69. The number of ether oxygens (including phenoxy) is 2. The van der Waals surface area contributed by atoms with Crippen LogP contribution in [0.2, 0.25) is 0 Å². The van der Waals surface area contributed by atoms with Crippen LogP contribution in [0.4, 0.5) is 13.2 Å². The van der Waals surface area contributed by atoms with Crippen molar-refractivity contribution < 1.29 is 42.8 Å². The van der Waals surface area contributed by atoms with Crippen LogP contribution >= 0.6 is 0 Å². The fourth-order valence-corrected chi connectivity index (χ4v) is 4.08. The first-order valence-electron chi connectivity index (χ1n) is 11.8. The first-order chi connectivity index (χ1) is 16.5. The minimum Gasteiger partial charge on any atom is -0.490 e. The van der Waals surface area contributed by atoms with E-state index in [0.717, 1.165) is 6.07 Å². The molecule has 1 aliphatic rings. The summed E-state index contributed by atoms with van der Waals surface area (Å²) in [5.74, 6) is -1.31. The molecule has 1 aliphatic carbocycles. The van der Waals surface area contributed by atoms with Gasteiger partial charge in [0.05, 0.1) is 23.9 Å². The topological polar surface area (TPSA) is 96.2 Å². The highest BCUT2D eigenvalue weighted by Crippen LogP contribution is 2.37. The molecule has 9 heteroatoms. The summed E-state index contributed by atoms with van der Waals surface area (Å²) in [6, 6.07) is 4.77. The second kappa shape index (κ2) is 13.7. The van der Waals surface area contributed by atoms with Gasteiger partial charge in [-0.15, -0.1) is 0 Å². The molecule has 0 heterocycles. The van der Waals surface area contributed by atoms with Crippen LogP contribution in [0, 0.1) is 11.8 Å². The Hall–Kier alpha value is -2.36. The van der Waals surface area contributed by atoms with Gasteiger partial charge in [-0.25, -0.2) is 0 Å². The number of para-hydroxylation sites is 1. The number of carbonyl (C=O) groups is 1. The molecule has 1 saturated carbocycles. The lowest BCUT2D eigenvalue weighted by Gasteiger charge is -2.20. The van der Waals surface area contributed by atoms with Crippen LogP contribution in [0.5, 0.6) is 5.75 Å². The van der Waals surface area contributed by atoms with E-state index < -0.39 is 42.6 Å². The third-order valence-corrected chi connectivity index (χ3v) is 5.77. The van der Waals surface area contributed by atoms with Gasteiger partial charge in [0.25, 0.3) is 0 Å². The number of aliphatic hydroxyl groups is 3. The van der Waals surface area contributed by atoms with Gasteiger partial charge in [0.15, 0.2) is 0 Å². The lowest BCUT2D eigenvalue weighted by atomic mass is 9.89. The molecule has 1 unspecified atom stereocenters. The molecule has 3 N–H and O–H groups in total. The number of alkyl halides is 3. The van der Waals surface area contributed by atoms with Crippen LogP contribution in [0.25, 0.3) is 0 Å². The molecule has 5 atom stereocenters. The van der Waals surface area contributed by atoms with Gasteiger partial charge < -0.3 is 24.8 Å². The van der Waals surface area contributed by atoms with Crippen molar-refractivity contribution >= 4 is 5.97 Å². The molecule has 6 nitrogen and oxygen atoms in total. The van der Waals surface area contributed by atoms with Crippen LogP contribution in [0.15, 0.2) is 48.6 Å². The first kappa shape index (κ1) is 28.9. The van der Waals surface area contributed by atoms with Crippen LogP contribution in [0.3, 0.4) is 0 Å². The minimum atomic E-state index is -4.57. The number of carbonyl (C=O) groups excluding carboxylic acids is 1. The average molecular weight is 501 g/mol. The predicted octanol–water partition coefficient (Wildman–Crippen LogP) is 4.43. The summed E-state index contributed by atoms with van der Waals surface area (Å²) in [7, 11) is 0. The van der Waals surface area contributed by atoms with Crippen LogP contribution in [0.1, 0.15) is 51.5 Å². The van der Waals surface area contributed by atoms with E-state index in [-0.39, 0.29) is 30.2 Å². The van der Waals surface area contributed by atoms with Crippen molar-refractivity contribution in [1.29, 1.82) is 0 Å². The van der Waals surface area contributed by atoms with E-state index in [1.807, 2.05) is 12.2 Å². The Labute approximate surface area is 204 Å². The number of hydrogen-bond acceptors (Lipinski definition) is 6. The number of hydrogen-bond donors (Lipinski definition) is 3. The number of aliphatic hydroxyl groups excluding tert-OH is 3. The van der Waals surface area contributed by atoms with Gasteiger partial charge >= 0.3 is 12.1 Å². The number of benzene rings is 1. The normalized spacial score (nSPS) is 23.9. The van der Waals surface area contributed by atoms with E-state index in [2.05, 4.69) is 0 Å². The molecule has 0 saturated heterocycles. The second-order valence-corrected chi connectivity index (χ2v) is 9.01. The lowest BCUT2D eigenvalue weighted by molar-refractivity contribution is -0.147. The van der Waals surface area contributed by atoms with E-state index in [0.29, 0.717) is 25.7 Å². The average Bonchev–Trinajstić information content (AvgIpc) is 3.04. The standard InChI is InChI=1S/C26H35F3O6/c1-17(2)35-25(33)12-6-4-3-5-9-19-20(23(32)15-22(19)31)14-13-18(30)16-34-24-11-8-7-10-21(24)26(27,28)29/h3,5,7-8,10-11,13-14,17-20,22-23,30-32H,4,6,9,12,15-16H2,1-2H3/b5-3+,14-13+/t18-,19-,20?,22+,23-/m1/s1. The van der Waals surface area contributed by atoms with Crippen LogP contribution in [-0.4, -0.2) is 52.3 Å². The summed E-state index contributed by atoms with van der Waals surface area (Å²) < 4.78 is 49.5. The van der Waals surface area contributed by atoms with Gasteiger partial charge in [-0.05, 0) is 51.2 Å². The Balaban J connectivity index is 1.85. The van der Waals surface area contributed by atoms with Gasteiger partial charge in [-0.1, -0.05) is 36.4 Å². The third-order valence-electron chi connectivity index (χ3n) is 5.77. The van der Waals surface area contributed by atoms with E-state index in [9.17, 15) is 33.3 Å². The molecule has 0 radical (unpaired) electrons. The van der Waals surface area contributed by atoms with Gasteiger partial charge in [0.1, 0.15) is 18.5 Å². The second-order valence-electron chi connectivity index (χ2n) is 9.01. The molecule has 1 fully saturated rings. The number of allylic oxidation sites excluding steroid dienone is 2. The molecule has 0 amide bonds. The summed E-state index contributed by atoms with van der Waals surface area (Å²) in [6.45, 7) is 3.20. The van der Waals surface area contributed by atoms with Gasteiger partial charge in [-0.2, -0.15) is 13.2 Å². The van der Waals surface area contributed by atoms with Crippen LogP contribution < -0.4 is 4.74 Å². The van der Waals surface area contributed by atoms with Crippen molar-refractivity contribution in [3.8, 4) is 5.75 Å². The Kier molecular flexibility index (Phi) is 11.3. The summed E-state index contributed by atoms with van der Waals surface area (Å²) in [5, 5.41) is 30.8. The Morgan fingerprint density at radius 1 is 1.17 bits per heavy atom. The Bertz CT molecular complexity index is 852. The maximum atomic E-state index is 13.1. The molecule has 0 spiro atoms. The molecule has 35 heavy (non-hydrogen) atoms. The number of rotatable bonds is 12. The molecule has 0 aliphatic heterocycles. The summed E-state index contributed by atoms with van der Waals surface area (Å²) in [6.07, 6.45) is 1.68. The minimum absolute atomic E-state index is 0.140. The molecule has 1 aromatic rings. The fourth-order valence-electron chi connectivity index (χ4n) is 4.08. The molecule has 0 bridgehead atoms. The SMILES string of the molecule is CC(C)OC(=O)CCC/C=C/C[C@@H]1C(/C=C/[C@@H](O)COc2ccccc2C(F)(F)F)[C@H](O)C[C@@H]1O. The number of halogens is 3. The largest absolute Gasteiger partial charge is 0.490 e. The monoisotopic (exact) mass is 500 g/mol. The number of esters is 1. The van der Waals surface area contributed by atoms with Crippen molar-refractivity contribution in [1.82, 2.24) is 0 Å². The third kappa shape index (κ3) is 9.66. The van der Waals surface area contributed by atoms with E-state index in [1.165, 1.54) is 24.3 Å². The smallest absolute Gasteiger partial charge is 0.419 e. The zero-order valence-electron chi connectivity index (χ0n) is 20.0. The lowest BCUT2D eigenvalue weighted by Crippen LogP contribution is -2.22. The Morgan fingerprint density at radius 2 is 1.89 bits per heavy atom. The zero-order chi connectivity index (χ0) is 26.0. The molecular formula is C26H35F3O6. The van der Waals surface area contributed by atoms with Crippen molar-refractivity contribution in [3.05, 3.63) is 54.1 Å². The number of unbranched alkanes of at least 4 members (excludes halogenated alkanes) is 1. The van der Waals surface area contributed by atoms with Crippen LogP contribution in [-0.2, 0) is 15.7 Å². The van der Waals surface area contributed by atoms with Gasteiger partial charge in [-0.3, -0.25) is 4.79 Å². The van der Waals surface area contributed by atoms with E-state index in [4.69, 9.17) is 9.47 Å². The van der Waals surface area contributed by atoms with Crippen molar-refractivity contribution in [2.75, 3.05) is 6.61 Å². The molecule has 1 aromatic carbocycles. The quantitative estimate of drug-likeness (QED) is 0.223. The maximum Gasteiger partial charge on any atom is 0.419 e. The van der Waals surface area contributed by atoms with E-state index in [1.54, 1.807) is 19.9 Å². The van der Waals surface area contributed by atoms with Crippen molar-refractivity contribution in [3.63, 3.8) is 0 Å². The molecular weight excluding hydrogens is 465 g/mol. The Morgan fingerprint density at radius 3 is 2.57 bits per heavy atom. The highest BCUT2D eigenvalue weighted by atomic mass is 19.4. The summed E-state index contributed by atoms with van der Waals surface area (Å²) >= 11 is 0. The fraction of sp³-hybridized carbons (Fsp3) is 0.577. The van der Waals surface area contributed by atoms with Gasteiger partial charge in [0, 0.05) is 18.8 Å². The van der Waals surface area contributed by atoms with E-state index >= 15 is 0 Å². The van der Waals surface area contributed by atoms with Crippen molar-refractivity contribution in [2.45, 2.75) is 76.5 Å². The maximum absolute atomic E-state index is 13.1. The highest BCUT2D eigenvalue weighted by Gasteiger charge is 2.39. The zero-order valence-corrected chi connectivity index (χ0v) is 20.0.